The maximum Gasteiger partial charge on any atom is 0.402 e. The summed E-state index contributed by atoms with van der Waals surface area (Å²) in [4.78, 5) is 31.8. The van der Waals surface area contributed by atoms with Crippen LogP contribution in [0.5, 0.6) is 0 Å². The highest BCUT2D eigenvalue weighted by molar-refractivity contribution is 5.82. The zero-order valence-corrected chi connectivity index (χ0v) is 15.5. The number of carboxylic acid groups (broad SMARTS) is 1. The first-order chi connectivity index (χ1) is 11.8. The topological polar surface area (TPSA) is 142 Å². The average molecular weight is 362 g/mol. The Balaban J connectivity index is 0. The number of primary amides is 1. The van der Waals surface area contributed by atoms with Crippen molar-refractivity contribution in [2.75, 3.05) is 13.2 Å². The zero-order chi connectivity index (χ0) is 19.5. The molecule has 8 heteroatoms. The number of amides is 1. The van der Waals surface area contributed by atoms with Crippen LogP contribution < -0.4 is 11.5 Å². The Bertz CT molecular complexity index is 359. The second kappa shape index (κ2) is 18.5. The highest BCUT2D eigenvalue weighted by atomic mass is 16.5. The van der Waals surface area contributed by atoms with E-state index in [1.807, 2.05) is 0 Å². The molecule has 0 fully saturated rings. The molecule has 0 aliphatic heterocycles. The molecule has 1 amide bonds. The quantitative estimate of drug-likeness (QED) is 0.337. The van der Waals surface area contributed by atoms with Crippen LogP contribution in [0.15, 0.2) is 0 Å². The van der Waals surface area contributed by atoms with Gasteiger partial charge in [-0.15, -0.1) is 0 Å². The molecule has 5 N–H and O–H groups in total. The normalized spacial score (nSPS) is 11.0. The molecule has 0 unspecified atom stereocenters. The maximum absolute atomic E-state index is 11.6. The van der Waals surface area contributed by atoms with Crippen molar-refractivity contribution in [3.8, 4) is 0 Å². The van der Waals surface area contributed by atoms with E-state index in [1.54, 1.807) is 0 Å². The summed E-state index contributed by atoms with van der Waals surface area (Å²) in [6.45, 7) is 5.02. The predicted octanol–water partition coefficient (Wildman–Crippen LogP) is 2.57. The Morgan fingerprint density at radius 3 is 1.76 bits per heavy atom. The SMILES string of the molecule is CCCCCCOC(=O)C[C@H](N)C(=O)OCCCCCC.NC(=O)O. The van der Waals surface area contributed by atoms with E-state index in [0.717, 1.165) is 51.4 Å². The molecule has 0 saturated carbocycles. The smallest absolute Gasteiger partial charge is 0.402 e. The number of ether oxygens (including phenoxy) is 2. The lowest BCUT2D eigenvalue weighted by Crippen LogP contribution is -2.35. The second-order valence-electron chi connectivity index (χ2n) is 5.66. The molecule has 25 heavy (non-hydrogen) atoms. The van der Waals surface area contributed by atoms with Crippen LogP contribution in [0.4, 0.5) is 4.79 Å². The van der Waals surface area contributed by atoms with E-state index >= 15 is 0 Å². The molecule has 1 atom stereocenters. The molecule has 8 nitrogen and oxygen atoms in total. The molecule has 0 bridgehead atoms. The highest BCUT2D eigenvalue weighted by Crippen LogP contribution is 2.03. The fourth-order valence-corrected chi connectivity index (χ4v) is 1.85. The van der Waals surface area contributed by atoms with E-state index < -0.39 is 24.1 Å². The number of nitrogens with two attached hydrogens (primary N) is 2. The van der Waals surface area contributed by atoms with Crippen molar-refractivity contribution >= 4 is 18.0 Å². The monoisotopic (exact) mass is 362 g/mol. The molecular formula is C17H34N2O6. The first-order valence-corrected chi connectivity index (χ1v) is 8.91. The molecule has 0 saturated heterocycles. The van der Waals surface area contributed by atoms with Crippen LogP contribution in [0.2, 0.25) is 0 Å². The zero-order valence-electron chi connectivity index (χ0n) is 15.5. The third-order valence-corrected chi connectivity index (χ3v) is 3.19. The van der Waals surface area contributed by atoms with Gasteiger partial charge in [0.2, 0.25) is 0 Å². The minimum absolute atomic E-state index is 0.110. The molecule has 148 valence electrons. The molecule has 0 aliphatic carbocycles. The molecule has 0 rings (SSSR count). The Morgan fingerprint density at radius 1 is 0.880 bits per heavy atom. The Labute approximate surface area is 150 Å². The third kappa shape index (κ3) is 22.2. The predicted molar refractivity (Wildman–Crippen MR) is 95.0 cm³/mol. The van der Waals surface area contributed by atoms with Crippen LogP contribution in [0.3, 0.4) is 0 Å². The molecular weight excluding hydrogens is 328 g/mol. The van der Waals surface area contributed by atoms with Gasteiger partial charge in [-0.3, -0.25) is 9.59 Å². The largest absolute Gasteiger partial charge is 0.466 e. The van der Waals surface area contributed by atoms with E-state index in [1.165, 1.54) is 0 Å². The lowest BCUT2D eigenvalue weighted by Gasteiger charge is -2.11. The van der Waals surface area contributed by atoms with E-state index in [2.05, 4.69) is 19.6 Å². The van der Waals surface area contributed by atoms with Gasteiger partial charge in [-0.2, -0.15) is 0 Å². The highest BCUT2D eigenvalue weighted by Gasteiger charge is 2.19. The summed E-state index contributed by atoms with van der Waals surface area (Å²) in [5, 5.41) is 7.19. The van der Waals surface area contributed by atoms with Gasteiger partial charge in [0, 0.05) is 0 Å². The molecule has 0 radical (unpaired) electrons. The fourth-order valence-electron chi connectivity index (χ4n) is 1.85. The Morgan fingerprint density at radius 2 is 1.32 bits per heavy atom. The van der Waals surface area contributed by atoms with Crippen molar-refractivity contribution in [3.05, 3.63) is 0 Å². The summed E-state index contributed by atoms with van der Waals surface area (Å²) in [7, 11) is 0. The molecule has 0 aromatic heterocycles. The third-order valence-electron chi connectivity index (χ3n) is 3.19. The second-order valence-corrected chi connectivity index (χ2v) is 5.66. The van der Waals surface area contributed by atoms with Gasteiger partial charge >= 0.3 is 18.0 Å². The van der Waals surface area contributed by atoms with Crippen molar-refractivity contribution in [1.29, 1.82) is 0 Å². The van der Waals surface area contributed by atoms with Crippen LogP contribution in [-0.4, -0.2) is 42.4 Å². The number of esters is 2. The minimum Gasteiger partial charge on any atom is -0.466 e. The average Bonchev–Trinajstić information content (AvgIpc) is 2.53. The van der Waals surface area contributed by atoms with E-state index in [4.69, 9.17) is 25.1 Å². The first kappa shape index (κ1) is 25.4. The van der Waals surface area contributed by atoms with Crippen molar-refractivity contribution in [2.24, 2.45) is 11.5 Å². The van der Waals surface area contributed by atoms with E-state index in [9.17, 15) is 9.59 Å². The lowest BCUT2D eigenvalue weighted by atomic mass is 10.2. The number of carbonyl (C=O) groups excluding carboxylic acids is 2. The van der Waals surface area contributed by atoms with Gasteiger partial charge in [0.05, 0.1) is 19.6 Å². The van der Waals surface area contributed by atoms with E-state index in [0.29, 0.717) is 13.2 Å². The molecule has 0 aliphatic rings. The summed E-state index contributed by atoms with van der Waals surface area (Å²) in [5.41, 5.74) is 9.66. The summed E-state index contributed by atoms with van der Waals surface area (Å²) in [6.07, 6.45) is 6.90. The van der Waals surface area contributed by atoms with Gasteiger partial charge in [0.25, 0.3) is 0 Å². The van der Waals surface area contributed by atoms with Crippen molar-refractivity contribution in [1.82, 2.24) is 0 Å². The summed E-state index contributed by atoms with van der Waals surface area (Å²) >= 11 is 0. The van der Waals surface area contributed by atoms with Crippen molar-refractivity contribution in [2.45, 2.75) is 77.7 Å². The summed E-state index contributed by atoms with van der Waals surface area (Å²) < 4.78 is 10.1. The standard InChI is InChI=1S/C16H31NO4.CH3NO2/c1-3-5-7-9-11-20-15(18)13-14(17)16(19)21-12-10-8-6-4-2;2-1(3)4/h14H,3-13,17H2,1-2H3;2H2,(H,3,4)/t14-;/m0./s1. The first-order valence-electron chi connectivity index (χ1n) is 8.91. The van der Waals surface area contributed by atoms with Gasteiger partial charge in [-0.25, -0.2) is 4.79 Å². The number of carbonyl (C=O) groups is 3. The Kier molecular flexibility index (Phi) is 18.8. The van der Waals surface area contributed by atoms with Gasteiger partial charge in [-0.05, 0) is 12.8 Å². The number of hydrogen-bond donors (Lipinski definition) is 3. The Hall–Kier alpha value is -1.83. The van der Waals surface area contributed by atoms with Crippen LogP contribution in [0.1, 0.15) is 71.6 Å². The summed E-state index contributed by atoms with van der Waals surface area (Å²) in [6, 6.07) is -0.917. The van der Waals surface area contributed by atoms with Crippen molar-refractivity contribution in [3.63, 3.8) is 0 Å². The number of hydrogen-bond acceptors (Lipinski definition) is 6. The van der Waals surface area contributed by atoms with Gasteiger partial charge in [-0.1, -0.05) is 52.4 Å². The van der Waals surface area contributed by atoms with Crippen LogP contribution >= 0.6 is 0 Å². The van der Waals surface area contributed by atoms with Gasteiger partial charge in [0.15, 0.2) is 0 Å². The lowest BCUT2D eigenvalue weighted by molar-refractivity contribution is -0.152. The molecule has 0 aromatic rings. The molecule has 0 spiro atoms. The maximum atomic E-state index is 11.6. The van der Waals surface area contributed by atoms with Crippen LogP contribution in [-0.2, 0) is 19.1 Å². The summed E-state index contributed by atoms with van der Waals surface area (Å²) in [5.74, 6) is -0.948. The van der Waals surface area contributed by atoms with Crippen molar-refractivity contribution < 1.29 is 29.0 Å². The fraction of sp³-hybridized carbons (Fsp3) is 0.824. The van der Waals surface area contributed by atoms with Gasteiger partial charge < -0.3 is 26.0 Å². The van der Waals surface area contributed by atoms with Crippen LogP contribution in [0.25, 0.3) is 0 Å². The van der Waals surface area contributed by atoms with E-state index in [-0.39, 0.29) is 6.42 Å². The number of rotatable bonds is 13. The van der Waals surface area contributed by atoms with Crippen LogP contribution in [0, 0.1) is 0 Å². The molecule has 0 heterocycles. The minimum atomic E-state index is -1.33. The number of unbranched alkanes of at least 4 members (excludes halogenated alkanes) is 6. The molecule has 0 aromatic carbocycles. The van der Waals surface area contributed by atoms with Gasteiger partial charge in [0.1, 0.15) is 6.04 Å².